The maximum Gasteiger partial charge on any atom is -0.0420 e. The van der Waals surface area contributed by atoms with Crippen molar-refractivity contribution in [2.45, 2.75) is 47.5 Å². The predicted octanol–water partition coefficient (Wildman–Crippen LogP) is 3.88. The van der Waals surface area contributed by atoms with Crippen LogP contribution in [-0.2, 0) is 0 Å². The summed E-state index contributed by atoms with van der Waals surface area (Å²) in [7, 11) is 0. The Morgan fingerprint density at radius 1 is 0.818 bits per heavy atom. The molecular formula is C10H25N. The molecule has 0 aliphatic rings. The molecule has 0 saturated heterocycles. The van der Waals surface area contributed by atoms with Gasteiger partial charge >= 0.3 is 0 Å². The average Bonchev–Trinajstić information content (AvgIpc) is 1.82. The lowest BCUT2D eigenvalue weighted by atomic mass is 9.91. The van der Waals surface area contributed by atoms with Crippen LogP contribution in [0.5, 0.6) is 0 Å². The molecule has 70 valence electrons. The van der Waals surface area contributed by atoms with E-state index in [0.717, 1.165) is 17.8 Å². The third kappa shape index (κ3) is 7.86. The molecule has 0 radical (unpaired) electrons. The largest absolute Gasteiger partial charge is 0.344 e. The quantitative estimate of drug-likeness (QED) is 0.664. The van der Waals surface area contributed by atoms with E-state index in [-0.39, 0.29) is 6.15 Å². The zero-order valence-corrected chi connectivity index (χ0v) is 8.85. The summed E-state index contributed by atoms with van der Waals surface area (Å²) in [5.74, 6) is 2.64. The fourth-order valence-electron chi connectivity index (χ4n) is 0.930. The first-order chi connectivity index (χ1) is 4.54. The van der Waals surface area contributed by atoms with E-state index in [0.29, 0.717) is 0 Å². The molecule has 0 rings (SSSR count). The molecule has 1 heteroatoms. The van der Waals surface area contributed by atoms with Gasteiger partial charge in [-0.3, -0.25) is 0 Å². The summed E-state index contributed by atoms with van der Waals surface area (Å²) < 4.78 is 0. The first kappa shape index (κ1) is 13.5. The van der Waals surface area contributed by atoms with Crippen molar-refractivity contribution in [3.63, 3.8) is 0 Å². The van der Waals surface area contributed by atoms with Gasteiger partial charge in [-0.25, -0.2) is 0 Å². The Kier molecular flexibility index (Phi) is 8.20. The molecule has 0 aliphatic heterocycles. The van der Waals surface area contributed by atoms with Gasteiger partial charge in [-0.05, 0) is 17.8 Å². The highest BCUT2D eigenvalue weighted by atomic mass is 14.1. The van der Waals surface area contributed by atoms with Gasteiger partial charge in [-0.2, -0.15) is 0 Å². The standard InChI is InChI=1S/C10H22.H3N/c1-8(2)6-7-10(5)9(3)4;/h8-10H,6-7H2,1-5H3;1H3. The Labute approximate surface area is 72.2 Å². The van der Waals surface area contributed by atoms with Gasteiger partial charge in [-0.15, -0.1) is 0 Å². The minimum absolute atomic E-state index is 0. The van der Waals surface area contributed by atoms with Crippen LogP contribution in [0.4, 0.5) is 0 Å². The van der Waals surface area contributed by atoms with Crippen molar-refractivity contribution in [3.05, 3.63) is 0 Å². The predicted molar refractivity (Wildman–Crippen MR) is 53.1 cm³/mol. The fraction of sp³-hybridized carbons (Fsp3) is 1.00. The molecule has 3 N–H and O–H groups in total. The van der Waals surface area contributed by atoms with E-state index >= 15 is 0 Å². The van der Waals surface area contributed by atoms with Crippen molar-refractivity contribution in [3.8, 4) is 0 Å². The molecule has 1 atom stereocenters. The Bertz CT molecular complexity index is 76.9. The van der Waals surface area contributed by atoms with Crippen molar-refractivity contribution < 1.29 is 0 Å². The Morgan fingerprint density at radius 3 is 1.55 bits per heavy atom. The van der Waals surface area contributed by atoms with Gasteiger partial charge in [0.1, 0.15) is 0 Å². The summed E-state index contributed by atoms with van der Waals surface area (Å²) in [6.07, 6.45) is 2.79. The Morgan fingerprint density at radius 2 is 1.27 bits per heavy atom. The van der Waals surface area contributed by atoms with Gasteiger partial charge < -0.3 is 6.15 Å². The van der Waals surface area contributed by atoms with Crippen molar-refractivity contribution >= 4 is 0 Å². The summed E-state index contributed by atoms with van der Waals surface area (Å²) in [4.78, 5) is 0. The molecule has 0 aromatic rings. The van der Waals surface area contributed by atoms with Crippen molar-refractivity contribution in [2.75, 3.05) is 0 Å². The minimum Gasteiger partial charge on any atom is -0.344 e. The third-order valence-electron chi connectivity index (χ3n) is 2.34. The molecule has 0 bridgehead atoms. The molecule has 0 amide bonds. The Balaban J connectivity index is 0. The topological polar surface area (TPSA) is 35.0 Å². The fourth-order valence-corrected chi connectivity index (χ4v) is 0.930. The van der Waals surface area contributed by atoms with E-state index in [1.807, 2.05) is 0 Å². The lowest BCUT2D eigenvalue weighted by Gasteiger charge is -2.15. The molecule has 0 aromatic heterocycles. The zero-order chi connectivity index (χ0) is 8.15. The van der Waals surface area contributed by atoms with Crippen LogP contribution in [0, 0.1) is 17.8 Å². The van der Waals surface area contributed by atoms with Gasteiger partial charge in [0.2, 0.25) is 0 Å². The lowest BCUT2D eigenvalue weighted by Crippen LogP contribution is -2.04. The van der Waals surface area contributed by atoms with Gasteiger partial charge in [0, 0.05) is 0 Å². The highest BCUT2D eigenvalue weighted by molar-refractivity contribution is 4.58. The Hall–Kier alpha value is -0.0400. The van der Waals surface area contributed by atoms with Gasteiger partial charge in [0.15, 0.2) is 0 Å². The molecule has 0 spiro atoms. The van der Waals surface area contributed by atoms with Crippen LogP contribution in [0.25, 0.3) is 0 Å². The van der Waals surface area contributed by atoms with Crippen molar-refractivity contribution in [1.29, 1.82) is 0 Å². The number of hydrogen-bond donors (Lipinski definition) is 1. The molecule has 0 aromatic carbocycles. The van der Waals surface area contributed by atoms with E-state index in [1.54, 1.807) is 0 Å². The van der Waals surface area contributed by atoms with Gasteiger partial charge in [0.05, 0.1) is 0 Å². The summed E-state index contributed by atoms with van der Waals surface area (Å²) >= 11 is 0. The summed E-state index contributed by atoms with van der Waals surface area (Å²) in [6.45, 7) is 11.6. The minimum atomic E-state index is 0. The van der Waals surface area contributed by atoms with Crippen molar-refractivity contribution in [2.24, 2.45) is 17.8 Å². The van der Waals surface area contributed by atoms with E-state index in [2.05, 4.69) is 34.6 Å². The molecule has 1 nitrogen and oxygen atoms in total. The van der Waals surface area contributed by atoms with Crippen LogP contribution in [0.15, 0.2) is 0 Å². The first-order valence-corrected chi connectivity index (χ1v) is 4.54. The average molecular weight is 159 g/mol. The van der Waals surface area contributed by atoms with Crippen LogP contribution < -0.4 is 6.15 Å². The molecular weight excluding hydrogens is 134 g/mol. The molecule has 1 unspecified atom stereocenters. The summed E-state index contributed by atoms with van der Waals surface area (Å²) in [5, 5.41) is 0. The normalized spacial score (nSPS) is 13.4. The first-order valence-electron chi connectivity index (χ1n) is 4.54. The van der Waals surface area contributed by atoms with E-state index in [9.17, 15) is 0 Å². The molecule has 0 heterocycles. The zero-order valence-electron chi connectivity index (χ0n) is 8.85. The molecule has 0 aliphatic carbocycles. The lowest BCUT2D eigenvalue weighted by molar-refractivity contribution is 0.358. The molecule has 0 saturated carbocycles. The highest BCUT2D eigenvalue weighted by Gasteiger charge is 2.06. The maximum atomic E-state index is 2.35. The van der Waals surface area contributed by atoms with Gasteiger partial charge in [0.25, 0.3) is 0 Å². The SMILES string of the molecule is CC(C)CCC(C)C(C)C.N. The highest BCUT2D eigenvalue weighted by Crippen LogP contribution is 2.18. The second-order valence-corrected chi connectivity index (χ2v) is 4.19. The summed E-state index contributed by atoms with van der Waals surface area (Å²) in [5.41, 5.74) is 0. The number of hydrogen-bond acceptors (Lipinski definition) is 1. The monoisotopic (exact) mass is 159 g/mol. The van der Waals surface area contributed by atoms with Gasteiger partial charge in [-0.1, -0.05) is 47.5 Å². The van der Waals surface area contributed by atoms with E-state index < -0.39 is 0 Å². The molecule has 11 heavy (non-hydrogen) atoms. The second-order valence-electron chi connectivity index (χ2n) is 4.19. The van der Waals surface area contributed by atoms with Crippen LogP contribution in [0.1, 0.15) is 47.5 Å². The second kappa shape index (κ2) is 6.66. The smallest absolute Gasteiger partial charge is 0.0420 e. The maximum absolute atomic E-state index is 2.35. The molecule has 0 fully saturated rings. The van der Waals surface area contributed by atoms with E-state index in [4.69, 9.17) is 0 Å². The van der Waals surface area contributed by atoms with Crippen LogP contribution in [-0.4, -0.2) is 0 Å². The van der Waals surface area contributed by atoms with Crippen LogP contribution >= 0.6 is 0 Å². The van der Waals surface area contributed by atoms with Crippen molar-refractivity contribution in [1.82, 2.24) is 6.15 Å². The van der Waals surface area contributed by atoms with Crippen LogP contribution in [0.2, 0.25) is 0 Å². The van der Waals surface area contributed by atoms with Crippen LogP contribution in [0.3, 0.4) is 0 Å². The summed E-state index contributed by atoms with van der Waals surface area (Å²) in [6, 6.07) is 0. The number of rotatable bonds is 4. The van der Waals surface area contributed by atoms with E-state index in [1.165, 1.54) is 12.8 Å². The third-order valence-corrected chi connectivity index (χ3v) is 2.34.